The van der Waals surface area contributed by atoms with Crippen molar-refractivity contribution in [1.82, 2.24) is 20.0 Å². The molecule has 0 radical (unpaired) electrons. The van der Waals surface area contributed by atoms with Crippen LogP contribution in [0.2, 0.25) is 0 Å². The number of hydrogen-bond donors (Lipinski definition) is 3. The van der Waals surface area contributed by atoms with Crippen molar-refractivity contribution in [3.63, 3.8) is 0 Å². The second kappa shape index (κ2) is 10.5. The minimum absolute atomic E-state index is 0.164. The van der Waals surface area contributed by atoms with E-state index in [0.29, 0.717) is 30.0 Å². The number of nitrogens with one attached hydrogen (secondary N) is 1. The molecule has 1 fully saturated rings. The van der Waals surface area contributed by atoms with Gasteiger partial charge in [0.25, 0.3) is 11.8 Å². The molecular formula is C30H30N6O3. The number of nitrogens with two attached hydrogens (primary N) is 1. The van der Waals surface area contributed by atoms with Crippen LogP contribution in [-0.2, 0) is 6.54 Å². The summed E-state index contributed by atoms with van der Waals surface area (Å²) < 4.78 is 0. The Kier molecular flexibility index (Phi) is 6.70. The van der Waals surface area contributed by atoms with Gasteiger partial charge in [0.2, 0.25) is 0 Å². The number of aromatic nitrogens is 2. The first-order valence-electron chi connectivity index (χ1n) is 13.1. The number of H-pyrrole nitrogens is 1. The quantitative estimate of drug-likeness (QED) is 0.252. The van der Waals surface area contributed by atoms with Crippen molar-refractivity contribution in [2.24, 2.45) is 0 Å². The van der Waals surface area contributed by atoms with Crippen LogP contribution in [-0.4, -0.2) is 76.2 Å². The second-order valence-electron chi connectivity index (χ2n) is 9.94. The summed E-state index contributed by atoms with van der Waals surface area (Å²) in [4.78, 5) is 32.9. The van der Waals surface area contributed by atoms with Crippen LogP contribution in [0.3, 0.4) is 0 Å². The molecule has 0 aliphatic carbocycles. The van der Waals surface area contributed by atoms with Crippen LogP contribution >= 0.6 is 0 Å². The summed E-state index contributed by atoms with van der Waals surface area (Å²) >= 11 is 0. The van der Waals surface area contributed by atoms with Gasteiger partial charge in [-0.3, -0.25) is 24.5 Å². The van der Waals surface area contributed by atoms with Crippen LogP contribution in [0.4, 0.5) is 11.4 Å². The van der Waals surface area contributed by atoms with Gasteiger partial charge < -0.3 is 10.8 Å². The molecule has 6 rings (SSSR count). The van der Waals surface area contributed by atoms with Crippen LogP contribution < -0.4 is 10.6 Å². The lowest BCUT2D eigenvalue weighted by molar-refractivity contribution is 0.0926. The molecule has 2 amide bonds. The van der Waals surface area contributed by atoms with Gasteiger partial charge in [0.1, 0.15) is 0 Å². The molecule has 3 aromatic carbocycles. The van der Waals surface area contributed by atoms with E-state index in [1.54, 1.807) is 18.2 Å². The van der Waals surface area contributed by atoms with E-state index >= 15 is 0 Å². The number of benzene rings is 3. The number of β-amino-alcohol motifs (C(OH)–C–C–N with tert-alkyl or cyclic N) is 1. The topological polar surface area (TPSA) is 119 Å². The molecule has 9 heteroatoms. The maximum atomic E-state index is 13.5. The van der Waals surface area contributed by atoms with Crippen molar-refractivity contribution in [2.45, 2.75) is 6.54 Å². The fourth-order valence-corrected chi connectivity index (χ4v) is 5.40. The third kappa shape index (κ3) is 4.72. The number of nitrogen functional groups attached to an aromatic ring is 1. The number of fused-ring (bicyclic) bond motifs is 2. The lowest BCUT2D eigenvalue weighted by Crippen LogP contribution is -2.46. The van der Waals surface area contributed by atoms with E-state index in [2.05, 4.69) is 20.0 Å². The standard InChI is InChI=1S/C30H30N6O3/c31-24-6-3-5-23-28(24)30(39)36(29(23)38)27-18-20(19-35-14-12-34(13-15-35)16-17-37)8-9-21(27)10-11-26-22-4-1-2-7-25(22)32-33-26/h1-11,18,37H,12-17,19,31H2,(H,32,33)/b11-10+. The van der Waals surface area contributed by atoms with Crippen molar-refractivity contribution >= 4 is 46.2 Å². The molecule has 4 N–H and O–H groups in total. The van der Waals surface area contributed by atoms with Crippen molar-refractivity contribution < 1.29 is 14.7 Å². The fraction of sp³-hybridized carbons (Fsp3) is 0.233. The highest BCUT2D eigenvalue weighted by molar-refractivity contribution is 6.36. The number of anilines is 2. The van der Waals surface area contributed by atoms with Gasteiger partial charge in [0.15, 0.2) is 0 Å². The van der Waals surface area contributed by atoms with E-state index < -0.39 is 5.91 Å². The number of imide groups is 1. The van der Waals surface area contributed by atoms with Gasteiger partial charge in [-0.05, 0) is 41.5 Å². The lowest BCUT2D eigenvalue weighted by atomic mass is 10.1. The van der Waals surface area contributed by atoms with Crippen LogP contribution in [0.15, 0.2) is 60.7 Å². The van der Waals surface area contributed by atoms with Crippen LogP contribution in [0.25, 0.3) is 23.1 Å². The minimum Gasteiger partial charge on any atom is -0.398 e. The highest BCUT2D eigenvalue weighted by Gasteiger charge is 2.39. The maximum Gasteiger partial charge on any atom is 0.268 e. The number of amides is 2. The van der Waals surface area contributed by atoms with Gasteiger partial charge >= 0.3 is 0 Å². The van der Waals surface area contributed by atoms with Crippen LogP contribution in [0.1, 0.15) is 37.5 Å². The average Bonchev–Trinajstić information content (AvgIpc) is 3.47. The summed E-state index contributed by atoms with van der Waals surface area (Å²) in [6.45, 7) is 5.09. The van der Waals surface area contributed by atoms with Gasteiger partial charge in [-0.15, -0.1) is 0 Å². The highest BCUT2D eigenvalue weighted by atomic mass is 16.3. The predicted molar refractivity (Wildman–Crippen MR) is 152 cm³/mol. The van der Waals surface area contributed by atoms with Gasteiger partial charge in [-0.1, -0.05) is 42.5 Å². The second-order valence-corrected chi connectivity index (χ2v) is 9.94. The number of aliphatic hydroxyl groups excluding tert-OH is 1. The Balaban J connectivity index is 1.35. The smallest absolute Gasteiger partial charge is 0.268 e. The summed E-state index contributed by atoms with van der Waals surface area (Å²) in [5.74, 6) is -0.792. The number of piperazine rings is 1. The normalized spacial score (nSPS) is 16.6. The number of nitrogens with zero attached hydrogens (tertiary/aromatic N) is 4. The molecule has 2 aliphatic rings. The Morgan fingerprint density at radius 1 is 0.923 bits per heavy atom. The zero-order valence-corrected chi connectivity index (χ0v) is 21.5. The third-order valence-electron chi connectivity index (χ3n) is 7.49. The molecule has 0 saturated carbocycles. The lowest BCUT2D eigenvalue weighted by Gasteiger charge is -2.34. The van der Waals surface area contributed by atoms with Crippen molar-refractivity contribution in [1.29, 1.82) is 0 Å². The molecule has 1 saturated heterocycles. The van der Waals surface area contributed by atoms with Crippen molar-refractivity contribution in [2.75, 3.05) is 50.0 Å². The summed E-state index contributed by atoms with van der Waals surface area (Å²) in [7, 11) is 0. The Morgan fingerprint density at radius 3 is 2.51 bits per heavy atom. The van der Waals surface area contributed by atoms with Crippen molar-refractivity contribution in [3.8, 4) is 0 Å². The Bertz CT molecular complexity index is 1580. The molecule has 0 bridgehead atoms. The van der Waals surface area contributed by atoms with E-state index in [1.807, 2.05) is 54.6 Å². The Hall–Kier alpha value is -4.31. The van der Waals surface area contributed by atoms with E-state index in [-0.39, 0.29) is 18.1 Å². The summed E-state index contributed by atoms with van der Waals surface area (Å²) in [5, 5.41) is 17.7. The van der Waals surface area contributed by atoms with Crippen molar-refractivity contribution in [3.05, 3.63) is 88.6 Å². The van der Waals surface area contributed by atoms with Gasteiger partial charge in [-0.2, -0.15) is 5.10 Å². The zero-order valence-electron chi connectivity index (χ0n) is 21.5. The summed E-state index contributed by atoms with van der Waals surface area (Å²) in [6, 6.07) is 18.8. The number of carbonyl (C=O) groups is 2. The molecule has 0 spiro atoms. The third-order valence-corrected chi connectivity index (χ3v) is 7.49. The monoisotopic (exact) mass is 522 g/mol. The summed E-state index contributed by atoms with van der Waals surface area (Å²) in [5.41, 5.74) is 10.9. The number of aromatic amines is 1. The van der Waals surface area contributed by atoms with Crippen LogP contribution in [0, 0.1) is 0 Å². The minimum atomic E-state index is -0.414. The molecule has 3 heterocycles. The van der Waals surface area contributed by atoms with Crippen LogP contribution in [0.5, 0.6) is 0 Å². The molecule has 1 aromatic heterocycles. The first-order chi connectivity index (χ1) is 19.0. The highest BCUT2D eigenvalue weighted by Crippen LogP contribution is 2.35. The molecule has 198 valence electrons. The van der Waals surface area contributed by atoms with Gasteiger partial charge in [0, 0.05) is 50.3 Å². The SMILES string of the molecule is Nc1cccc2c1C(=O)N(c1cc(CN3CCN(CCO)CC3)ccc1/C=C/c1n[nH]c3ccccc13)C2=O. The number of para-hydroxylation sites is 1. The van der Waals surface area contributed by atoms with E-state index in [1.165, 1.54) is 4.90 Å². The molecule has 4 aromatic rings. The van der Waals surface area contributed by atoms with E-state index in [0.717, 1.165) is 53.9 Å². The number of hydrogen-bond acceptors (Lipinski definition) is 7. The number of rotatable bonds is 7. The van der Waals surface area contributed by atoms with E-state index in [4.69, 9.17) is 5.73 Å². The van der Waals surface area contributed by atoms with Gasteiger partial charge in [-0.25, -0.2) is 4.90 Å². The molecule has 39 heavy (non-hydrogen) atoms. The molecule has 0 atom stereocenters. The van der Waals surface area contributed by atoms with Gasteiger partial charge in [0.05, 0.1) is 34.6 Å². The fourth-order valence-electron chi connectivity index (χ4n) is 5.40. The molecule has 9 nitrogen and oxygen atoms in total. The van der Waals surface area contributed by atoms with E-state index in [9.17, 15) is 14.7 Å². The number of carbonyl (C=O) groups excluding carboxylic acids is 2. The number of aliphatic hydroxyl groups is 1. The molecule has 0 unspecified atom stereocenters. The largest absolute Gasteiger partial charge is 0.398 e. The zero-order chi connectivity index (χ0) is 26.9. The maximum absolute atomic E-state index is 13.5. The Morgan fingerprint density at radius 2 is 1.72 bits per heavy atom. The first-order valence-corrected chi connectivity index (χ1v) is 13.1. The summed E-state index contributed by atoms with van der Waals surface area (Å²) in [6.07, 6.45) is 3.78. The molecule has 2 aliphatic heterocycles. The predicted octanol–water partition coefficient (Wildman–Crippen LogP) is 3.23. The molecular weight excluding hydrogens is 492 g/mol. The first kappa shape index (κ1) is 25.0. The Labute approximate surface area is 226 Å². The average molecular weight is 523 g/mol.